The number of methoxy groups -OCH3 is 2. The van der Waals surface area contributed by atoms with Crippen molar-refractivity contribution in [3.05, 3.63) is 62.7 Å². The van der Waals surface area contributed by atoms with Gasteiger partial charge in [-0.25, -0.2) is 0 Å². The summed E-state index contributed by atoms with van der Waals surface area (Å²) < 4.78 is 10.5. The minimum Gasteiger partial charge on any atom is -0.493 e. The highest BCUT2D eigenvalue weighted by Crippen LogP contribution is 2.28. The molecular formula is C18H19ClN2O5. The number of nitro groups is 1. The quantitative estimate of drug-likeness (QED) is 0.543. The van der Waals surface area contributed by atoms with Crippen molar-refractivity contribution in [2.45, 2.75) is 6.42 Å². The number of hydrogen-bond donors (Lipinski definition) is 0. The van der Waals surface area contributed by atoms with Crippen molar-refractivity contribution in [1.29, 1.82) is 0 Å². The van der Waals surface area contributed by atoms with Gasteiger partial charge >= 0.3 is 0 Å². The first kappa shape index (κ1) is 19.5. The number of carbonyl (C=O) groups excluding carboxylic acids is 1. The topological polar surface area (TPSA) is 81.9 Å². The number of nitro benzene ring substituents is 1. The SMILES string of the molecule is COc1ccc(CCN(C)C(=O)c2ccc([N+](=O)[O-])cc2Cl)cc1OC. The van der Waals surface area contributed by atoms with Crippen molar-refractivity contribution in [2.75, 3.05) is 27.8 Å². The molecule has 0 saturated heterocycles. The van der Waals surface area contributed by atoms with E-state index in [4.69, 9.17) is 21.1 Å². The van der Waals surface area contributed by atoms with E-state index in [0.717, 1.165) is 5.56 Å². The van der Waals surface area contributed by atoms with E-state index in [1.54, 1.807) is 21.3 Å². The number of hydrogen-bond acceptors (Lipinski definition) is 5. The van der Waals surface area contributed by atoms with Crippen molar-refractivity contribution in [1.82, 2.24) is 4.90 Å². The maximum atomic E-state index is 12.5. The van der Waals surface area contributed by atoms with Crippen molar-refractivity contribution in [3.63, 3.8) is 0 Å². The van der Waals surface area contributed by atoms with Crippen LogP contribution in [0.3, 0.4) is 0 Å². The lowest BCUT2D eigenvalue weighted by Gasteiger charge is -2.18. The lowest BCUT2D eigenvalue weighted by atomic mass is 10.1. The molecule has 0 unspecified atom stereocenters. The fourth-order valence-electron chi connectivity index (χ4n) is 2.43. The van der Waals surface area contributed by atoms with Gasteiger partial charge < -0.3 is 14.4 Å². The molecule has 2 rings (SSSR count). The molecule has 0 saturated carbocycles. The van der Waals surface area contributed by atoms with Crippen LogP contribution in [0.1, 0.15) is 15.9 Å². The molecule has 0 N–H and O–H groups in total. The molecule has 0 radical (unpaired) electrons. The molecule has 0 bridgehead atoms. The summed E-state index contributed by atoms with van der Waals surface area (Å²) in [6.07, 6.45) is 0.604. The van der Waals surface area contributed by atoms with Crippen LogP contribution in [0.25, 0.3) is 0 Å². The highest BCUT2D eigenvalue weighted by Gasteiger charge is 2.18. The summed E-state index contributed by atoms with van der Waals surface area (Å²) in [6, 6.07) is 9.38. The van der Waals surface area contributed by atoms with Crippen LogP contribution in [0.2, 0.25) is 5.02 Å². The average Bonchev–Trinajstić information content (AvgIpc) is 2.64. The third-order valence-electron chi connectivity index (χ3n) is 3.92. The van der Waals surface area contributed by atoms with Crippen LogP contribution in [-0.4, -0.2) is 43.5 Å². The molecule has 0 atom stereocenters. The second-order valence-electron chi connectivity index (χ2n) is 5.59. The summed E-state index contributed by atoms with van der Waals surface area (Å²) in [6.45, 7) is 0.446. The molecule has 8 heteroatoms. The van der Waals surface area contributed by atoms with E-state index in [1.165, 1.54) is 23.1 Å². The molecular weight excluding hydrogens is 360 g/mol. The zero-order valence-corrected chi connectivity index (χ0v) is 15.4. The Morgan fingerprint density at radius 3 is 2.42 bits per heavy atom. The third-order valence-corrected chi connectivity index (χ3v) is 4.24. The summed E-state index contributed by atoms with van der Waals surface area (Å²) in [5.41, 5.74) is 1.06. The van der Waals surface area contributed by atoms with E-state index < -0.39 is 4.92 Å². The molecule has 0 fully saturated rings. The Kier molecular flexibility index (Phi) is 6.41. The van der Waals surface area contributed by atoms with Crippen molar-refractivity contribution in [2.24, 2.45) is 0 Å². The highest BCUT2D eigenvalue weighted by molar-refractivity contribution is 6.34. The Bertz CT molecular complexity index is 825. The molecule has 26 heavy (non-hydrogen) atoms. The van der Waals surface area contributed by atoms with Crippen LogP contribution in [-0.2, 0) is 6.42 Å². The maximum Gasteiger partial charge on any atom is 0.270 e. The van der Waals surface area contributed by atoms with E-state index in [1.807, 2.05) is 18.2 Å². The van der Waals surface area contributed by atoms with Gasteiger partial charge in [-0.05, 0) is 30.2 Å². The Morgan fingerprint density at radius 1 is 1.15 bits per heavy atom. The molecule has 2 aromatic carbocycles. The number of halogens is 1. The molecule has 0 aliphatic carbocycles. The number of nitrogens with zero attached hydrogens (tertiary/aromatic N) is 2. The minimum atomic E-state index is -0.555. The Balaban J connectivity index is 2.07. The van der Waals surface area contributed by atoms with Gasteiger partial charge in [-0.2, -0.15) is 0 Å². The summed E-state index contributed by atoms with van der Waals surface area (Å²) in [7, 11) is 4.78. The van der Waals surface area contributed by atoms with Crippen LogP contribution in [0, 0.1) is 10.1 Å². The first-order valence-electron chi connectivity index (χ1n) is 7.77. The van der Waals surface area contributed by atoms with E-state index in [-0.39, 0.29) is 22.2 Å². The molecule has 1 amide bonds. The molecule has 0 aliphatic rings. The Labute approximate surface area is 156 Å². The van der Waals surface area contributed by atoms with Gasteiger partial charge in [0.15, 0.2) is 11.5 Å². The van der Waals surface area contributed by atoms with Crippen LogP contribution >= 0.6 is 11.6 Å². The highest BCUT2D eigenvalue weighted by atomic mass is 35.5. The number of ether oxygens (including phenoxy) is 2. The second kappa shape index (κ2) is 8.53. The van der Waals surface area contributed by atoms with Crippen molar-refractivity contribution >= 4 is 23.2 Å². The minimum absolute atomic E-state index is 0.0576. The van der Waals surface area contributed by atoms with Gasteiger partial charge in [0.05, 0.1) is 29.7 Å². The van der Waals surface area contributed by atoms with Crippen LogP contribution in [0.5, 0.6) is 11.5 Å². The van der Waals surface area contributed by atoms with Crippen LogP contribution in [0.4, 0.5) is 5.69 Å². The summed E-state index contributed by atoms with van der Waals surface area (Å²) in [4.78, 5) is 24.2. The number of carbonyl (C=O) groups is 1. The number of rotatable bonds is 7. The standard InChI is InChI=1S/C18H19ClN2O5/c1-20(9-8-12-4-7-16(25-2)17(10-12)26-3)18(22)14-6-5-13(21(23)24)11-15(14)19/h4-7,10-11H,8-9H2,1-3H3. The van der Waals surface area contributed by atoms with E-state index in [0.29, 0.717) is 24.5 Å². The summed E-state index contributed by atoms with van der Waals surface area (Å²) in [5, 5.41) is 10.8. The third kappa shape index (κ3) is 4.43. The number of likely N-dealkylation sites (N-methyl/N-ethyl adjacent to an activating group) is 1. The van der Waals surface area contributed by atoms with Crippen molar-refractivity contribution < 1.29 is 19.2 Å². The van der Waals surface area contributed by atoms with Crippen LogP contribution < -0.4 is 9.47 Å². The van der Waals surface area contributed by atoms with E-state index >= 15 is 0 Å². The van der Waals surface area contributed by atoms with Gasteiger partial charge in [-0.3, -0.25) is 14.9 Å². The fourth-order valence-corrected chi connectivity index (χ4v) is 2.69. The number of amides is 1. The van der Waals surface area contributed by atoms with Gasteiger partial charge in [0, 0.05) is 25.7 Å². The zero-order chi connectivity index (χ0) is 19.3. The van der Waals surface area contributed by atoms with E-state index in [9.17, 15) is 14.9 Å². The largest absolute Gasteiger partial charge is 0.493 e. The molecule has 0 spiro atoms. The van der Waals surface area contributed by atoms with Gasteiger partial charge in [-0.1, -0.05) is 17.7 Å². The number of benzene rings is 2. The second-order valence-corrected chi connectivity index (χ2v) is 5.99. The van der Waals surface area contributed by atoms with Crippen LogP contribution in [0.15, 0.2) is 36.4 Å². The summed E-state index contributed by atoms with van der Waals surface area (Å²) in [5.74, 6) is 0.959. The van der Waals surface area contributed by atoms with Gasteiger partial charge in [-0.15, -0.1) is 0 Å². The maximum absolute atomic E-state index is 12.5. The van der Waals surface area contributed by atoms with Crippen molar-refractivity contribution in [3.8, 4) is 11.5 Å². The van der Waals surface area contributed by atoms with Gasteiger partial charge in [0.25, 0.3) is 11.6 Å². The predicted octanol–water partition coefficient (Wildman–Crippen LogP) is 3.58. The predicted molar refractivity (Wildman–Crippen MR) is 98.3 cm³/mol. The van der Waals surface area contributed by atoms with Gasteiger partial charge in [0.2, 0.25) is 0 Å². The molecule has 138 valence electrons. The lowest BCUT2D eigenvalue weighted by molar-refractivity contribution is -0.384. The zero-order valence-electron chi connectivity index (χ0n) is 14.7. The molecule has 0 aromatic heterocycles. The smallest absolute Gasteiger partial charge is 0.270 e. The molecule has 0 aliphatic heterocycles. The molecule has 0 heterocycles. The molecule has 2 aromatic rings. The van der Waals surface area contributed by atoms with E-state index in [2.05, 4.69) is 0 Å². The Morgan fingerprint density at radius 2 is 1.85 bits per heavy atom. The average molecular weight is 379 g/mol. The molecule has 7 nitrogen and oxygen atoms in total. The first-order chi connectivity index (χ1) is 12.4. The normalized spacial score (nSPS) is 10.3. The fraction of sp³-hybridized carbons (Fsp3) is 0.278. The van der Waals surface area contributed by atoms with Gasteiger partial charge in [0.1, 0.15) is 0 Å². The first-order valence-corrected chi connectivity index (χ1v) is 8.15. The monoisotopic (exact) mass is 378 g/mol. The summed E-state index contributed by atoms with van der Waals surface area (Å²) >= 11 is 6.02. The Hall–Kier alpha value is -2.80. The number of non-ortho nitro benzene ring substituents is 1. The lowest BCUT2D eigenvalue weighted by Crippen LogP contribution is -2.29.